The van der Waals surface area contributed by atoms with Gasteiger partial charge in [0.25, 0.3) is 0 Å². The predicted molar refractivity (Wildman–Crippen MR) is 43.0 cm³/mol. The number of hydrogen-bond donors (Lipinski definition) is 2. The van der Waals surface area contributed by atoms with Gasteiger partial charge in [0.05, 0.1) is 6.54 Å². The SMILES string of the molecule is NCC(=O)N1CCC[C@H]1C(N)=O. The van der Waals surface area contributed by atoms with Crippen molar-refractivity contribution < 1.29 is 9.59 Å². The average Bonchev–Trinajstić information content (AvgIpc) is 2.50. The van der Waals surface area contributed by atoms with Crippen LogP contribution >= 0.6 is 0 Å². The Bertz CT molecular complexity index is 205. The topological polar surface area (TPSA) is 89.4 Å². The van der Waals surface area contributed by atoms with E-state index in [1.54, 1.807) is 0 Å². The van der Waals surface area contributed by atoms with Crippen molar-refractivity contribution in [3.63, 3.8) is 0 Å². The van der Waals surface area contributed by atoms with Crippen LogP contribution in [0.5, 0.6) is 0 Å². The summed E-state index contributed by atoms with van der Waals surface area (Å²) in [6.45, 7) is 0.549. The lowest BCUT2D eigenvalue weighted by atomic mass is 10.2. The van der Waals surface area contributed by atoms with Gasteiger partial charge in [0.2, 0.25) is 11.8 Å². The molecule has 0 aromatic rings. The number of amides is 2. The molecule has 12 heavy (non-hydrogen) atoms. The maximum Gasteiger partial charge on any atom is 0.240 e. The van der Waals surface area contributed by atoms with E-state index >= 15 is 0 Å². The minimum Gasteiger partial charge on any atom is -0.368 e. The van der Waals surface area contributed by atoms with Crippen molar-refractivity contribution in [3.8, 4) is 0 Å². The first-order valence-electron chi connectivity index (χ1n) is 3.95. The van der Waals surface area contributed by atoms with Gasteiger partial charge in [-0.3, -0.25) is 9.59 Å². The lowest BCUT2D eigenvalue weighted by Gasteiger charge is -2.20. The molecule has 1 saturated heterocycles. The maximum absolute atomic E-state index is 11.1. The Morgan fingerprint density at radius 1 is 1.50 bits per heavy atom. The number of rotatable bonds is 2. The number of primary amides is 1. The third kappa shape index (κ3) is 1.55. The first-order valence-corrected chi connectivity index (χ1v) is 3.95. The van der Waals surface area contributed by atoms with Gasteiger partial charge in [-0.25, -0.2) is 0 Å². The summed E-state index contributed by atoms with van der Waals surface area (Å²) in [6.07, 6.45) is 1.50. The van der Waals surface area contributed by atoms with Crippen LogP contribution in [0.3, 0.4) is 0 Å². The number of carbonyl (C=O) groups is 2. The quantitative estimate of drug-likeness (QED) is 0.525. The Labute approximate surface area is 70.7 Å². The highest BCUT2D eigenvalue weighted by Gasteiger charge is 2.31. The molecule has 0 bridgehead atoms. The van der Waals surface area contributed by atoms with E-state index in [1.807, 2.05) is 0 Å². The number of carbonyl (C=O) groups excluding carboxylic acids is 2. The van der Waals surface area contributed by atoms with Crippen LogP contribution < -0.4 is 11.5 Å². The summed E-state index contributed by atoms with van der Waals surface area (Å²) in [7, 11) is 0. The number of hydrogen-bond acceptors (Lipinski definition) is 3. The van der Waals surface area contributed by atoms with Gasteiger partial charge in [0.1, 0.15) is 6.04 Å². The van der Waals surface area contributed by atoms with Gasteiger partial charge in [0.15, 0.2) is 0 Å². The van der Waals surface area contributed by atoms with Crippen LogP contribution in [0.25, 0.3) is 0 Å². The molecule has 5 nitrogen and oxygen atoms in total. The molecule has 0 radical (unpaired) electrons. The normalized spacial score (nSPS) is 22.8. The summed E-state index contributed by atoms with van der Waals surface area (Å²) in [5.41, 5.74) is 10.3. The van der Waals surface area contributed by atoms with Gasteiger partial charge in [-0.15, -0.1) is 0 Å². The Hall–Kier alpha value is -1.10. The standard InChI is InChI=1S/C7H13N3O2/c8-4-6(11)10-3-1-2-5(10)7(9)12/h5H,1-4,8H2,(H2,9,12)/t5-/m0/s1. The van der Waals surface area contributed by atoms with E-state index in [2.05, 4.69) is 0 Å². The fraction of sp³-hybridized carbons (Fsp3) is 0.714. The fourth-order valence-corrected chi connectivity index (χ4v) is 1.48. The van der Waals surface area contributed by atoms with E-state index in [1.165, 1.54) is 4.90 Å². The number of nitrogens with zero attached hydrogens (tertiary/aromatic N) is 1. The third-order valence-electron chi connectivity index (χ3n) is 2.08. The summed E-state index contributed by atoms with van der Waals surface area (Å²) < 4.78 is 0. The Morgan fingerprint density at radius 3 is 2.67 bits per heavy atom. The van der Waals surface area contributed by atoms with Gasteiger partial charge in [-0.1, -0.05) is 0 Å². The van der Waals surface area contributed by atoms with Crippen LogP contribution in [0.2, 0.25) is 0 Å². The summed E-state index contributed by atoms with van der Waals surface area (Å²) >= 11 is 0. The Morgan fingerprint density at radius 2 is 2.17 bits per heavy atom. The summed E-state index contributed by atoms with van der Waals surface area (Å²) in [6, 6.07) is -0.430. The van der Waals surface area contributed by atoms with E-state index in [0.717, 1.165) is 6.42 Å². The van der Waals surface area contributed by atoms with Crippen molar-refractivity contribution in [2.75, 3.05) is 13.1 Å². The smallest absolute Gasteiger partial charge is 0.240 e. The van der Waals surface area contributed by atoms with Crippen molar-refractivity contribution in [1.82, 2.24) is 4.90 Å². The summed E-state index contributed by atoms with van der Waals surface area (Å²) in [4.78, 5) is 23.4. The molecule has 0 aromatic carbocycles. The van der Waals surface area contributed by atoms with Crippen molar-refractivity contribution in [1.29, 1.82) is 0 Å². The van der Waals surface area contributed by atoms with Crippen LogP contribution in [-0.2, 0) is 9.59 Å². The molecular weight excluding hydrogens is 158 g/mol. The van der Waals surface area contributed by atoms with E-state index in [0.29, 0.717) is 13.0 Å². The van der Waals surface area contributed by atoms with Crippen LogP contribution in [0.1, 0.15) is 12.8 Å². The molecule has 1 rings (SSSR count). The molecule has 1 atom stereocenters. The second-order valence-electron chi connectivity index (χ2n) is 2.85. The molecule has 1 aliphatic heterocycles. The molecule has 4 N–H and O–H groups in total. The molecule has 1 fully saturated rings. The molecule has 0 unspecified atom stereocenters. The summed E-state index contributed by atoms with van der Waals surface area (Å²) in [5.74, 6) is -0.634. The molecular formula is C7H13N3O2. The highest BCUT2D eigenvalue weighted by molar-refractivity contribution is 5.87. The van der Waals surface area contributed by atoms with Gasteiger partial charge < -0.3 is 16.4 Å². The number of likely N-dealkylation sites (tertiary alicyclic amines) is 1. The molecule has 2 amide bonds. The van der Waals surface area contributed by atoms with E-state index in [4.69, 9.17) is 11.5 Å². The second-order valence-corrected chi connectivity index (χ2v) is 2.85. The van der Waals surface area contributed by atoms with Crippen LogP contribution in [0.4, 0.5) is 0 Å². The van der Waals surface area contributed by atoms with E-state index in [9.17, 15) is 9.59 Å². The van der Waals surface area contributed by atoms with Crippen molar-refractivity contribution in [2.24, 2.45) is 11.5 Å². The van der Waals surface area contributed by atoms with Gasteiger partial charge in [-0.05, 0) is 12.8 Å². The second kappa shape index (κ2) is 3.53. The zero-order valence-electron chi connectivity index (χ0n) is 6.82. The first kappa shape index (κ1) is 8.99. The minimum absolute atomic E-state index is 0.0518. The molecule has 1 aliphatic rings. The predicted octanol–water partition coefficient (Wildman–Crippen LogP) is -1.58. The molecule has 0 aromatic heterocycles. The zero-order chi connectivity index (χ0) is 9.14. The molecule has 0 spiro atoms. The van der Waals surface area contributed by atoms with Gasteiger partial charge >= 0.3 is 0 Å². The summed E-state index contributed by atoms with van der Waals surface area (Å²) in [5, 5.41) is 0. The van der Waals surface area contributed by atoms with E-state index in [-0.39, 0.29) is 12.5 Å². The molecule has 1 heterocycles. The molecule has 0 aliphatic carbocycles. The maximum atomic E-state index is 11.1. The van der Waals surface area contributed by atoms with Gasteiger partial charge in [0, 0.05) is 6.54 Å². The van der Waals surface area contributed by atoms with Crippen molar-refractivity contribution in [3.05, 3.63) is 0 Å². The number of nitrogens with two attached hydrogens (primary N) is 2. The Kier molecular flexibility index (Phi) is 2.65. The lowest BCUT2D eigenvalue weighted by molar-refractivity contribution is -0.136. The monoisotopic (exact) mass is 171 g/mol. The average molecular weight is 171 g/mol. The lowest BCUT2D eigenvalue weighted by Crippen LogP contribution is -2.45. The molecule has 68 valence electrons. The van der Waals surface area contributed by atoms with E-state index < -0.39 is 11.9 Å². The van der Waals surface area contributed by atoms with Crippen molar-refractivity contribution >= 4 is 11.8 Å². The third-order valence-corrected chi connectivity index (χ3v) is 2.08. The zero-order valence-corrected chi connectivity index (χ0v) is 6.82. The molecule has 0 saturated carbocycles. The van der Waals surface area contributed by atoms with Crippen LogP contribution in [-0.4, -0.2) is 35.8 Å². The first-order chi connectivity index (χ1) is 5.66. The van der Waals surface area contributed by atoms with Crippen molar-refractivity contribution in [2.45, 2.75) is 18.9 Å². The fourth-order valence-electron chi connectivity index (χ4n) is 1.48. The van der Waals surface area contributed by atoms with Gasteiger partial charge in [-0.2, -0.15) is 0 Å². The molecule has 5 heteroatoms. The minimum atomic E-state index is -0.436. The highest BCUT2D eigenvalue weighted by atomic mass is 16.2. The van der Waals surface area contributed by atoms with Crippen LogP contribution in [0, 0.1) is 0 Å². The largest absolute Gasteiger partial charge is 0.368 e. The van der Waals surface area contributed by atoms with Crippen LogP contribution in [0.15, 0.2) is 0 Å². The Balaban J connectivity index is 2.63. The highest BCUT2D eigenvalue weighted by Crippen LogP contribution is 2.16.